The molecule has 0 aliphatic heterocycles. The number of hydrogen-bond donors (Lipinski definition) is 1. The summed E-state index contributed by atoms with van der Waals surface area (Å²) >= 11 is 6.01. The quantitative estimate of drug-likeness (QED) is 0.789. The van der Waals surface area contributed by atoms with Gasteiger partial charge in [0.05, 0.1) is 11.0 Å². The number of rotatable bonds is 3. The van der Waals surface area contributed by atoms with E-state index in [4.69, 9.17) is 17.3 Å². The van der Waals surface area contributed by atoms with Crippen LogP contribution in [0.1, 0.15) is 5.82 Å². The molecule has 6 nitrogen and oxygen atoms in total. The van der Waals surface area contributed by atoms with Crippen molar-refractivity contribution in [2.75, 3.05) is 5.73 Å². The van der Waals surface area contributed by atoms with E-state index in [0.717, 1.165) is 16.9 Å². The van der Waals surface area contributed by atoms with Crippen molar-refractivity contribution in [3.05, 3.63) is 35.4 Å². The summed E-state index contributed by atoms with van der Waals surface area (Å²) in [5.74, 6) is 1.26. The van der Waals surface area contributed by atoms with Gasteiger partial charge in [-0.15, -0.1) is 0 Å². The monoisotopic (exact) mass is 276 g/mol. The van der Waals surface area contributed by atoms with E-state index in [1.807, 2.05) is 23.7 Å². The molecule has 1 aromatic carbocycles. The molecule has 0 bridgehead atoms. The molecule has 0 atom stereocenters. The first-order valence-electron chi connectivity index (χ1n) is 5.89. The third kappa shape index (κ3) is 2.26. The van der Waals surface area contributed by atoms with Gasteiger partial charge in [-0.2, -0.15) is 5.10 Å². The van der Waals surface area contributed by atoms with E-state index in [0.29, 0.717) is 23.9 Å². The van der Waals surface area contributed by atoms with Crippen LogP contribution in [0.5, 0.6) is 0 Å². The Morgan fingerprint density at radius 2 is 2.21 bits per heavy atom. The molecule has 7 heteroatoms. The predicted molar refractivity (Wildman–Crippen MR) is 73.9 cm³/mol. The summed E-state index contributed by atoms with van der Waals surface area (Å²) in [6.07, 6.45) is 2.38. The van der Waals surface area contributed by atoms with Crippen LogP contribution in [0, 0.1) is 0 Å². The number of nitrogens with two attached hydrogens (primary N) is 1. The highest BCUT2D eigenvalue weighted by Gasteiger charge is 2.09. The predicted octanol–water partition coefficient (Wildman–Crippen LogP) is 1.64. The van der Waals surface area contributed by atoms with E-state index >= 15 is 0 Å². The summed E-state index contributed by atoms with van der Waals surface area (Å²) < 4.78 is 3.61. The van der Waals surface area contributed by atoms with Crippen molar-refractivity contribution in [3.63, 3.8) is 0 Å². The highest BCUT2D eigenvalue weighted by Crippen LogP contribution is 2.22. The normalized spacial score (nSPS) is 11.3. The summed E-state index contributed by atoms with van der Waals surface area (Å²) in [5, 5.41) is 4.91. The number of nitrogen functional groups attached to an aromatic ring is 1. The lowest BCUT2D eigenvalue weighted by molar-refractivity contribution is 0.677. The molecule has 0 aliphatic carbocycles. The number of nitrogens with zero attached hydrogens (tertiary/aromatic N) is 5. The van der Waals surface area contributed by atoms with E-state index in [1.165, 1.54) is 0 Å². The van der Waals surface area contributed by atoms with Crippen LogP contribution in [0.2, 0.25) is 5.02 Å². The average Bonchev–Trinajstić information content (AvgIpc) is 2.90. The standard InChI is InChI=1S/C12H13ClN6/c1-18-7-15-11(17-18)4-5-19-10-6-8(13)2-3-9(10)16-12(19)14/h2-3,6-7H,4-5H2,1H3,(H2,14,16). The second kappa shape index (κ2) is 4.55. The third-order valence-corrected chi connectivity index (χ3v) is 3.18. The number of imidazole rings is 1. The summed E-state index contributed by atoms with van der Waals surface area (Å²) in [7, 11) is 1.84. The molecule has 0 fully saturated rings. The molecule has 0 aliphatic rings. The summed E-state index contributed by atoms with van der Waals surface area (Å²) in [6.45, 7) is 0.673. The van der Waals surface area contributed by atoms with Crippen LogP contribution >= 0.6 is 11.6 Å². The van der Waals surface area contributed by atoms with E-state index < -0.39 is 0 Å². The second-order valence-corrected chi connectivity index (χ2v) is 4.78. The molecule has 0 spiro atoms. The Hall–Kier alpha value is -2.08. The number of hydrogen-bond acceptors (Lipinski definition) is 4. The van der Waals surface area contributed by atoms with Crippen molar-refractivity contribution < 1.29 is 0 Å². The van der Waals surface area contributed by atoms with Crippen LogP contribution in [0.15, 0.2) is 24.5 Å². The zero-order chi connectivity index (χ0) is 13.4. The molecule has 2 aromatic heterocycles. The minimum atomic E-state index is 0.480. The molecular weight excluding hydrogens is 264 g/mol. The van der Waals surface area contributed by atoms with Gasteiger partial charge >= 0.3 is 0 Å². The fourth-order valence-electron chi connectivity index (χ4n) is 2.06. The molecular formula is C12H13ClN6. The number of aryl methyl sites for hydroxylation is 3. The number of benzene rings is 1. The van der Waals surface area contributed by atoms with Gasteiger partial charge in [0.2, 0.25) is 5.95 Å². The van der Waals surface area contributed by atoms with E-state index in [9.17, 15) is 0 Å². The van der Waals surface area contributed by atoms with Gasteiger partial charge in [-0.3, -0.25) is 4.68 Å². The molecule has 0 radical (unpaired) electrons. The van der Waals surface area contributed by atoms with Gasteiger partial charge in [-0.05, 0) is 18.2 Å². The van der Waals surface area contributed by atoms with Crippen molar-refractivity contribution in [1.82, 2.24) is 24.3 Å². The van der Waals surface area contributed by atoms with Gasteiger partial charge < -0.3 is 10.3 Å². The number of fused-ring (bicyclic) bond motifs is 1. The van der Waals surface area contributed by atoms with Crippen molar-refractivity contribution in [2.45, 2.75) is 13.0 Å². The smallest absolute Gasteiger partial charge is 0.201 e. The van der Waals surface area contributed by atoms with E-state index in [1.54, 1.807) is 17.1 Å². The average molecular weight is 277 g/mol. The lowest BCUT2D eigenvalue weighted by Gasteiger charge is -2.04. The first-order valence-corrected chi connectivity index (χ1v) is 6.27. The molecule has 0 amide bonds. The van der Waals surface area contributed by atoms with Gasteiger partial charge in [-0.25, -0.2) is 9.97 Å². The van der Waals surface area contributed by atoms with Gasteiger partial charge in [0, 0.05) is 25.0 Å². The van der Waals surface area contributed by atoms with Crippen LogP contribution < -0.4 is 5.73 Å². The molecule has 98 valence electrons. The first kappa shape index (κ1) is 12.0. The molecule has 0 unspecified atom stereocenters. The van der Waals surface area contributed by atoms with Crippen molar-refractivity contribution in [1.29, 1.82) is 0 Å². The van der Waals surface area contributed by atoms with Gasteiger partial charge in [0.1, 0.15) is 6.33 Å². The van der Waals surface area contributed by atoms with Gasteiger partial charge in [-0.1, -0.05) is 11.6 Å². The minimum Gasteiger partial charge on any atom is -0.369 e. The summed E-state index contributed by atoms with van der Waals surface area (Å²) in [4.78, 5) is 8.50. The van der Waals surface area contributed by atoms with Crippen molar-refractivity contribution >= 4 is 28.6 Å². The summed E-state index contributed by atoms with van der Waals surface area (Å²) in [6, 6.07) is 5.54. The molecule has 0 saturated carbocycles. The molecule has 2 N–H and O–H groups in total. The van der Waals surface area contributed by atoms with Crippen LogP contribution in [0.25, 0.3) is 11.0 Å². The molecule has 2 heterocycles. The first-order chi connectivity index (χ1) is 9.13. The molecule has 3 rings (SSSR count). The van der Waals surface area contributed by atoms with Crippen LogP contribution in [0.3, 0.4) is 0 Å². The second-order valence-electron chi connectivity index (χ2n) is 4.34. The maximum absolute atomic E-state index is 6.01. The number of aromatic nitrogens is 5. The zero-order valence-electron chi connectivity index (χ0n) is 10.4. The minimum absolute atomic E-state index is 0.480. The van der Waals surface area contributed by atoms with Crippen LogP contribution in [-0.2, 0) is 20.0 Å². The lowest BCUT2D eigenvalue weighted by atomic mass is 10.3. The van der Waals surface area contributed by atoms with Crippen molar-refractivity contribution in [2.24, 2.45) is 7.05 Å². The highest BCUT2D eigenvalue weighted by atomic mass is 35.5. The van der Waals surface area contributed by atoms with Crippen molar-refractivity contribution in [3.8, 4) is 0 Å². The Labute approximate surface area is 114 Å². The lowest BCUT2D eigenvalue weighted by Crippen LogP contribution is -2.06. The van der Waals surface area contributed by atoms with Gasteiger partial charge in [0.15, 0.2) is 5.82 Å². The maximum atomic E-state index is 6.01. The van der Waals surface area contributed by atoms with E-state index in [-0.39, 0.29) is 0 Å². The van der Waals surface area contributed by atoms with E-state index in [2.05, 4.69) is 15.1 Å². The Morgan fingerprint density at radius 3 is 2.95 bits per heavy atom. The van der Waals surface area contributed by atoms with Gasteiger partial charge in [0.25, 0.3) is 0 Å². The summed E-state index contributed by atoms with van der Waals surface area (Å²) in [5.41, 5.74) is 7.71. The SMILES string of the molecule is Cn1cnc(CCn2c(N)nc3ccc(Cl)cc32)n1. The number of anilines is 1. The Balaban J connectivity index is 1.91. The molecule has 0 saturated heterocycles. The third-order valence-electron chi connectivity index (χ3n) is 2.95. The topological polar surface area (TPSA) is 74.5 Å². The maximum Gasteiger partial charge on any atom is 0.201 e. The zero-order valence-corrected chi connectivity index (χ0v) is 11.2. The fourth-order valence-corrected chi connectivity index (χ4v) is 2.23. The van der Waals surface area contributed by atoms with Crippen LogP contribution in [-0.4, -0.2) is 24.3 Å². The Morgan fingerprint density at radius 1 is 1.37 bits per heavy atom. The largest absolute Gasteiger partial charge is 0.369 e. The fraction of sp³-hybridized carbons (Fsp3) is 0.250. The van der Waals surface area contributed by atoms with Crippen LogP contribution in [0.4, 0.5) is 5.95 Å². The molecule has 3 aromatic rings. The Bertz CT molecular complexity index is 729. The molecule has 19 heavy (non-hydrogen) atoms. The number of halogens is 1. The highest BCUT2D eigenvalue weighted by molar-refractivity contribution is 6.31. The Kier molecular flexibility index (Phi) is 2.87.